The summed E-state index contributed by atoms with van der Waals surface area (Å²) in [7, 11) is -0.460. The Labute approximate surface area is 143 Å². The summed E-state index contributed by atoms with van der Waals surface area (Å²) in [5.41, 5.74) is 0. The van der Waals surface area contributed by atoms with Gasteiger partial charge in [-0.2, -0.15) is 4.99 Å². The van der Waals surface area contributed by atoms with E-state index in [-0.39, 0.29) is 23.8 Å². The van der Waals surface area contributed by atoms with Crippen molar-refractivity contribution >= 4 is 27.3 Å². The minimum Gasteiger partial charge on any atom is -0.327 e. The van der Waals surface area contributed by atoms with Crippen molar-refractivity contribution in [2.24, 2.45) is 12.0 Å². The van der Waals surface area contributed by atoms with Gasteiger partial charge >= 0.3 is 0 Å². The van der Waals surface area contributed by atoms with Gasteiger partial charge in [0.1, 0.15) is 5.82 Å². The van der Waals surface area contributed by atoms with Gasteiger partial charge in [0.05, 0.1) is 4.90 Å². The lowest BCUT2D eigenvalue weighted by Gasteiger charge is -2.16. The Bertz CT molecular complexity index is 870. The van der Waals surface area contributed by atoms with Gasteiger partial charge in [0, 0.05) is 38.6 Å². The first-order chi connectivity index (χ1) is 11.3. The van der Waals surface area contributed by atoms with E-state index in [9.17, 15) is 17.6 Å². The number of aromatic nitrogens is 1. The van der Waals surface area contributed by atoms with Crippen LogP contribution in [0.5, 0.6) is 0 Å². The Balaban J connectivity index is 1.93. The molecule has 130 valence electrons. The molecule has 1 amide bonds. The Morgan fingerprint density at radius 3 is 2.58 bits per heavy atom. The van der Waals surface area contributed by atoms with Gasteiger partial charge < -0.3 is 4.57 Å². The van der Waals surface area contributed by atoms with Gasteiger partial charge in [-0.15, -0.1) is 11.3 Å². The first kappa shape index (κ1) is 18.5. The van der Waals surface area contributed by atoms with Crippen LogP contribution in [0.4, 0.5) is 4.39 Å². The molecule has 1 heterocycles. The van der Waals surface area contributed by atoms with E-state index < -0.39 is 15.8 Å². The number of nitrogens with zero attached hydrogens (tertiary/aromatic N) is 3. The maximum absolute atomic E-state index is 12.9. The Morgan fingerprint density at radius 1 is 1.33 bits per heavy atom. The van der Waals surface area contributed by atoms with Crippen LogP contribution in [0.25, 0.3) is 0 Å². The lowest BCUT2D eigenvalue weighted by molar-refractivity contribution is -0.118. The molecule has 2 rings (SSSR count). The van der Waals surface area contributed by atoms with Gasteiger partial charge in [0.25, 0.3) is 0 Å². The van der Waals surface area contributed by atoms with E-state index in [4.69, 9.17) is 0 Å². The molecule has 24 heavy (non-hydrogen) atoms. The molecule has 6 nitrogen and oxygen atoms in total. The summed E-state index contributed by atoms with van der Waals surface area (Å²) in [6, 6.07) is 4.64. The number of amides is 1. The smallest absolute Gasteiger partial charge is 0.248 e. The summed E-state index contributed by atoms with van der Waals surface area (Å²) in [5, 5.41) is 1.83. The van der Waals surface area contributed by atoms with Crippen molar-refractivity contribution in [2.45, 2.75) is 17.7 Å². The number of sulfonamides is 1. The molecule has 0 saturated carbocycles. The van der Waals surface area contributed by atoms with E-state index in [2.05, 4.69) is 4.99 Å². The third-order valence-electron chi connectivity index (χ3n) is 3.37. The first-order valence-corrected chi connectivity index (χ1v) is 9.52. The predicted octanol–water partition coefficient (Wildman–Crippen LogP) is 1.75. The monoisotopic (exact) mass is 371 g/mol. The molecular formula is C15H18FN3O3S2. The molecule has 0 bridgehead atoms. The fourth-order valence-electron chi connectivity index (χ4n) is 1.96. The van der Waals surface area contributed by atoms with Crippen LogP contribution in [0.1, 0.15) is 12.8 Å². The number of halogens is 1. The molecule has 9 heteroatoms. The molecule has 0 spiro atoms. The lowest BCUT2D eigenvalue weighted by Crippen LogP contribution is -2.28. The normalized spacial score (nSPS) is 12.8. The van der Waals surface area contributed by atoms with Gasteiger partial charge in [-0.1, -0.05) is 0 Å². The largest absolute Gasteiger partial charge is 0.327 e. The number of benzene rings is 1. The molecular weight excluding hydrogens is 353 g/mol. The number of thiazole rings is 1. The summed E-state index contributed by atoms with van der Waals surface area (Å²) in [4.78, 5) is 16.4. The van der Waals surface area contributed by atoms with Crippen molar-refractivity contribution in [3.8, 4) is 0 Å². The number of carbonyl (C=O) groups is 1. The number of hydrogen-bond donors (Lipinski definition) is 0. The first-order valence-electron chi connectivity index (χ1n) is 7.20. The molecule has 2 aromatic rings. The van der Waals surface area contributed by atoms with E-state index in [0.29, 0.717) is 11.2 Å². The van der Waals surface area contributed by atoms with Crippen molar-refractivity contribution < 1.29 is 17.6 Å². The molecule has 0 atom stereocenters. The van der Waals surface area contributed by atoms with Crippen molar-refractivity contribution in [2.75, 3.05) is 13.6 Å². The highest BCUT2D eigenvalue weighted by atomic mass is 32.2. The van der Waals surface area contributed by atoms with Crippen LogP contribution < -0.4 is 4.80 Å². The van der Waals surface area contributed by atoms with Gasteiger partial charge in [0.15, 0.2) is 4.80 Å². The molecule has 0 unspecified atom stereocenters. The van der Waals surface area contributed by atoms with Crippen molar-refractivity contribution in [1.29, 1.82) is 0 Å². The van der Waals surface area contributed by atoms with Gasteiger partial charge in [-0.05, 0) is 30.7 Å². The Hall–Kier alpha value is -1.84. The number of carbonyl (C=O) groups excluding carboxylic acids is 1. The SMILES string of the molecule is CN(CCCC(=O)N=c1sccn1C)S(=O)(=O)c1ccc(F)cc1. The fraction of sp³-hybridized carbons (Fsp3) is 0.333. The van der Waals surface area contributed by atoms with Crippen LogP contribution in [0, 0.1) is 5.82 Å². The topological polar surface area (TPSA) is 71.7 Å². The zero-order valence-corrected chi connectivity index (χ0v) is 15.0. The third kappa shape index (κ3) is 4.59. The molecule has 0 aliphatic heterocycles. The predicted molar refractivity (Wildman–Crippen MR) is 89.3 cm³/mol. The Morgan fingerprint density at radius 2 is 2.00 bits per heavy atom. The highest BCUT2D eigenvalue weighted by molar-refractivity contribution is 7.89. The van der Waals surface area contributed by atoms with Crippen molar-refractivity contribution in [3.05, 3.63) is 46.5 Å². The zero-order valence-electron chi connectivity index (χ0n) is 13.3. The summed E-state index contributed by atoms with van der Waals surface area (Å²) in [5.74, 6) is -0.786. The standard InChI is InChI=1S/C15H18FN3O3S2/c1-18-10-11-23-15(18)17-14(20)4-3-9-19(2)24(21,22)13-7-5-12(16)6-8-13/h5-8,10-11H,3-4,9H2,1-2H3. The minimum atomic E-state index is -3.69. The maximum Gasteiger partial charge on any atom is 0.248 e. The summed E-state index contributed by atoms with van der Waals surface area (Å²) >= 11 is 1.36. The van der Waals surface area contributed by atoms with Crippen LogP contribution in [-0.2, 0) is 21.9 Å². The molecule has 1 aromatic carbocycles. The van der Waals surface area contributed by atoms with Gasteiger partial charge in [0.2, 0.25) is 15.9 Å². The van der Waals surface area contributed by atoms with E-state index in [0.717, 1.165) is 16.4 Å². The van der Waals surface area contributed by atoms with E-state index in [1.165, 1.54) is 30.5 Å². The average molecular weight is 371 g/mol. The second-order valence-electron chi connectivity index (χ2n) is 5.19. The Kier molecular flexibility index (Phi) is 6.03. The average Bonchev–Trinajstić information content (AvgIpc) is 2.92. The lowest BCUT2D eigenvalue weighted by atomic mass is 10.3. The third-order valence-corrected chi connectivity index (χ3v) is 6.08. The highest BCUT2D eigenvalue weighted by Gasteiger charge is 2.20. The molecule has 0 saturated heterocycles. The zero-order chi connectivity index (χ0) is 17.7. The van der Waals surface area contributed by atoms with Crippen LogP contribution in [0.2, 0.25) is 0 Å². The molecule has 0 fully saturated rings. The van der Waals surface area contributed by atoms with Gasteiger partial charge in [-0.3, -0.25) is 4.79 Å². The van der Waals surface area contributed by atoms with E-state index in [1.807, 2.05) is 5.38 Å². The summed E-state index contributed by atoms with van der Waals surface area (Å²) in [6.45, 7) is 0.178. The second-order valence-corrected chi connectivity index (χ2v) is 8.10. The van der Waals surface area contributed by atoms with E-state index in [1.54, 1.807) is 17.8 Å². The molecule has 0 radical (unpaired) electrons. The van der Waals surface area contributed by atoms with Crippen LogP contribution in [-0.4, -0.2) is 36.8 Å². The molecule has 0 aliphatic carbocycles. The number of hydrogen-bond acceptors (Lipinski definition) is 4. The van der Waals surface area contributed by atoms with Crippen LogP contribution in [0.15, 0.2) is 45.7 Å². The highest BCUT2D eigenvalue weighted by Crippen LogP contribution is 2.15. The minimum absolute atomic E-state index is 0.0213. The van der Waals surface area contributed by atoms with E-state index >= 15 is 0 Å². The quantitative estimate of drug-likeness (QED) is 0.777. The summed E-state index contributed by atoms with van der Waals surface area (Å²) in [6.07, 6.45) is 2.31. The van der Waals surface area contributed by atoms with Gasteiger partial charge in [-0.25, -0.2) is 17.1 Å². The van der Waals surface area contributed by atoms with Crippen LogP contribution in [0.3, 0.4) is 0 Å². The summed E-state index contributed by atoms with van der Waals surface area (Å²) < 4.78 is 40.4. The molecule has 1 aromatic heterocycles. The molecule has 0 aliphatic rings. The van der Waals surface area contributed by atoms with Crippen molar-refractivity contribution in [3.63, 3.8) is 0 Å². The number of rotatable bonds is 6. The molecule has 0 N–H and O–H groups in total. The van der Waals surface area contributed by atoms with Crippen LogP contribution >= 0.6 is 11.3 Å². The maximum atomic E-state index is 12.9. The number of aryl methyl sites for hydroxylation is 1. The van der Waals surface area contributed by atoms with Crippen molar-refractivity contribution in [1.82, 2.24) is 8.87 Å². The second kappa shape index (κ2) is 7.82. The fourth-order valence-corrected chi connectivity index (χ4v) is 3.91.